The SMILES string of the molecule is CCCCCCCCCCCC(=O)Nc1ccc(NC(=O)c2cccnc2)cc1. The number of carbonyl (C=O) groups is 2. The van der Waals surface area contributed by atoms with Gasteiger partial charge in [-0.05, 0) is 42.8 Å². The molecule has 2 aromatic rings. The van der Waals surface area contributed by atoms with Crippen LogP contribution in [0.5, 0.6) is 0 Å². The monoisotopic (exact) mass is 395 g/mol. The number of hydrogen-bond donors (Lipinski definition) is 2. The van der Waals surface area contributed by atoms with Crippen molar-refractivity contribution in [3.63, 3.8) is 0 Å². The molecule has 2 N–H and O–H groups in total. The Hall–Kier alpha value is -2.69. The molecule has 0 unspecified atom stereocenters. The molecular formula is C24H33N3O2. The van der Waals surface area contributed by atoms with Crippen LogP contribution in [-0.2, 0) is 4.79 Å². The minimum absolute atomic E-state index is 0.0418. The second-order valence-electron chi connectivity index (χ2n) is 7.40. The summed E-state index contributed by atoms with van der Waals surface area (Å²) in [6, 6.07) is 10.6. The second-order valence-corrected chi connectivity index (χ2v) is 7.40. The molecule has 0 saturated carbocycles. The van der Waals surface area contributed by atoms with Crippen LogP contribution >= 0.6 is 0 Å². The van der Waals surface area contributed by atoms with Gasteiger partial charge < -0.3 is 10.6 Å². The van der Waals surface area contributed by atoms with Crippen molar-refractivity contribution in [2.75, 3.05) is 10.6 Å². The van der Waals surface area contributed by atoms with E-state index < -0.39 is 0 Å². The van der Waals surface area contributed by atoms with E-state index in [2.05, 4.69) is 22.5 Å². The highest BCUT2D eigenvalue weighted by atomic mass is 16.2. The average molecular weight is 396 g/mol. The Bertz CT molecular complexity index is 730. The summed E-state index contributed by atoms with van der Waals surface area (Å²) in [6.07, 6.45) is 14.9. The number of carbonyl (C=O) groups excluding carboxylic acids is 2. The molecule has 0 saturated heterocycles. The van der Waals surface area contributed by atoms with Crippen molar-refractivity contribution >= 4 is 23.2 Å². The minimum Gasteiger partial charge on any atom is -0.326 e. The zero-order valence-corrected chi connectivity index (χ0v) is 17.5. The summed E-state index contributed by atoms with van der Waals surface area (Å²) < 4.78 is 0. The molecule has 5 heteroatoms. The molecule has 0 bridgehead atoms. The van der Waals surface area contributed by atoms with E-state index in [-0.39, 0.29) is 11.8 Å². The minimum atomic E-state index is -0.208. The van der Waals surface area contributed by atoms with E-state index in [0.717, 1.165) is 18.5 Å². The molecule has 5 nitrogen and oxygen atoms in total. The summed E-state index contributed by atoms with van der Waals surface area (Å²) in [5, 5.41) is 5.73. The maximum atomic E-state index is 12.1. The van der Waals surface area contributed by atoms with Crippen LogP contribution in [0.4, 0.5) is 11.4 Å². The Morgan fingerprint density at radius 3 is 1.97 bits per heavy atom. The van der Waals surface area contributed by atoms with Crippen LogP contribution in [0.15, 0.2) is 48.8 Å². The number of unbranched alkanes of at least 4 members (excludes halogenated alkanes) is 8. The largest absolute Gasteiger partial charge is 0.326 e. The molecule has 2 rings (SSSR count). The van der Waals surface area contributed by atoms with Gasteiger partial charge in [-0.25, -0.2) is 0 Å². The quantitative estimate of drug-likeness (QED) is 0.397. The molecule has 0 aliphatic heterocycles. The number of pyridine rings is 1. The predicted octanol–water partition coefficient (Wildman–Crippen LogP) is 6.19. The normalized spacial score (nSPS) is 10.5. The molecule has 0 atom stereocenters. The number of nitrogens with one attached hydrogen (secondary N) is 2. The molecule has 1 heterocycles. The summed E-state index contributed by atoms with van der Waals surface area (Å²) in [5.74, 6) is -0.166. The van der Waals surface area contributed by atoms with E-state index in [0.29, 0.717) is 17.7 Å². The van der Waals surface area contributed by atoms with Crippen LogP contribution in [0.2, 0.25) is 0 Å². The fourth-order valence-corrected chi connectivity index (χ4v) is 3.16. The lowest BCUT2D eigenvalue weighted by Gasteiger charge is -2.08. The van der Waals surface area contributed by atoms with Gasteiger partial charge in [0.25, 0.3) is 5.91 Å². The van der Waals surface area contributed by atoms with Gasteiger partial charge in [0.15, 0.2) is 0 Å². The van der Waals surface area contributed by atoms with Gasteiger partial charge in [0.2, 0.25) is 5.91 Å². The predicted molar refractivity (Wildman–Crippen MR) is 119 cm³/mol. The van der Waals surface area contributed by atoms with Crippen LogP contribution in [0.1, 0.15) is 81.5 Å². The smallest absolute Gasteiger partial charge is 0.257 e. The Balaban J connectivity index is 1.61. The number of nitrogens with zero attached hydrogens (tertiary/aromatic N) is 1. The standard InChI is InChI=1S/C24H33N3O2/c1-2-3-4-5-6-7-8-9-10-13-23(28)26-21-14-16-22(17-15-21)27-24(29)20-12-11-18-25-19-20/h11-12,14-19H,2-10,13H2,1H3,(H,26,28)(H,27,29). The van der Waals surface area contributed by atoms with Gasteiger partial charge >= 0.3 is 0 Å². The third-order valence-corrected chi connectivity index (χ3v) is 4.86. The van der Waals surface area contributed by atoms with Gasteiger partial charge in [-0.2, -0.15) is 0 Å². The first-order valence-corrected chi connectivity index (χ1v) is 10.8. The molecule has 0 spiro atoms. The van der Waals surface area contributed by atoms with Crippen LogP contribution in [-0.4, -0.2) is 16.8 Å². The van der Waals surface area contributed by atoms with Crippen LogP contribution in [0.3, 0.4) is 0 Å². The molecule has 0 aliphatic carbocycles. The maximum Gasteiger partial charge on any atom is 0.257 e. The van der Waals surface area contributed by atoms with Crippen molar-refractivity contribution in [2.45, 2.75) is 71.1 Å². The first-order valence-electron chi connectivity index (χ1n) is 10.8. The lowest BCUT2D eigenvalue weighted by molar-refractivity contribution is -0.116. The van der Waals surface area contributed by atoms with Gasteiger partial charge in [0, 0.05) is 30.2 Å². The van der Waals surface area contributed by atoms with Crippen molar-refractivity contribution in [1.82, 2.24) is 4.98 Å². The number of hydrogen-bond acceptors (Lipinski definition) is 3. The molecule has 2 amide bonds. The fourth-order valence-electron chi connectivity index (χ4n) is 3.16. The average Bonchev–Trinajstić information content (AvgIpc) is 2.74. The molecule has 156 valence electrons. The van der Waals surface area contributed by atoms with Crippen LogP contribution in [0.25, 0.3) is 0 Å². The van der Waals surface area contributed by atoms with Crippen molar-refractivity contribution in [1.29, 1.82) is 0 Å². The highest BCUT2D eigenvalue weighted by Gasteiger charge is 2.06. The summed E-state index contributed by atoms with van der Waals surface area (Å²) in [4.78, 5) is 28.1. The van der Waals surface area contributed by atoms with Crippen LogP contribution < -0.4 is 10.6 Å². The Morgan fingerprint density at radius 1 is 0.793 bits per heavy atom. The highest BCUT2D eigenvalue weighted by molar-refractivity contribution is 6.04. The second kappa shape index (κ2) is 13.5. The molecule has 1 aromatic carbocycles. The number of amides is 2. The van der Waals surface area contributed by atoms with E-state index in [1.165, 1.54) is 51.1 Å². The lowest BCUT2D eigenvalue weighted by atomic mass is 10.1. The summed E-state index contributed by atoms with van der Waals surface area (Å²) in [7, 11) is 0. The Morgan fingerprint density at radius 2 is 1.38 bits per heavy atom. The van der Waals surface area contributed by atoms with Crippen molar-refractivity contribution in [3.8, 4) is 0 Å². The van der Waals surface area contributed by atoms with E-state index in [4.69, 9.17) is 0 Å². The van der Waals surface area contributed by atoms with E-state index in [1.807, 2.05) is 0 Å². The van der Waals surface area contributed by atoms with Crippen molar-refractivity contribution in [3.05, 3.63) is 54.4 Å². The topological polar surface area (TPSA) is 71.1 Å². The fraction of sp³-hybridized carbons (Fsp3) is 0.458. The molecule has 0 aliphatic rings. The zero-order chi connectivity index (χ0) is 20.7. The number of aromatic nitrogens is 1. The number of rotatable bonds is 13. The van der Waals surface area contributed by atoms with E-state index in [1.54, 1.807) is 42.6 Å². The van der Waals surface area contributed by atoms with Crippen molar-refractivity contribution < 1.29 is 9.59 Å². The lowest BCUT2D eigenvalue weighted by Crippen LogP contribution is -2.13. The summed E-state index contributed by atoms with van der Waals surface area (Å²) in [6.45, 7) is 2.24. The number of anilines is 2. The first-order chi connectivity index (χ1) is 14.2. The maximum absolute atomic E-state index is 12.1. The summed E-state index contributed by atoms with van der Waals surface area (Å²) in [5.41, 5.74) is 1.92. The molecule has 0 radical (unpaired) electrons. The number of benzene rings is 1. The third-order valence-electron chi connectivity index (χ3n) is 4.86. The van der Waals surface area contributed by atoms with E-state index in [9.17, 15) is 9.59 Å². The van der Waals surface area contributed by atoms with E-state index >= 15 is 0 Å². The Labute approximate surface area is 174 Å². The van der Waals surface area contributed by atoms with Gasteiger partial charge in [0.05, 0.1) is 5.56 Å². The zero-order valence-electron chi connectivity index (χ0n) is 17.5. The molecule has 29 heavy (non-hydrogen) atoms. The van der Waals surface area contributed by atoms with Crippen molar-refractivity contribution in [2.24, 2.45) is 0 Å². The Kier molecular flexibility index (Phi) is 10.5. The molecule has 1 aromatic heterocycles. The summed E-state index contributed by atoms with van der Waals surface area (Å²) >= 11 is 0. The van der Waals surface area contributed by atoms with Crippen LogP contribution in [0, 0.1) is 0 Å². The van der Waals surface area contributed by atoms with Gasteiger partial charge in [-0.15, -0.1) is 0 Å². The van der Waals surface area contributed by atoms with Gasteiger partial charge in [-0.3, -0.25) is 14.6 Å². The first kappa shape index (κ1) is 22.6. The molecular weight excluding hydrogens is 362 g/mol. The van der Waals surface area contributed by atoms with Gasteiger partial charge in [0.1, 0.15) is 0 Å². The third kappa shape index (κ3) is 9.37. The molecule has 0 fully saturated rings. The van der Waals surface area contributed by atoms with Gasteiger partial charge in [-0.1, -0.05) is 58.3 Å². The highest BCUT2D eigenvalue weighted by Crippen LogP contribution is 2.16.